The number of aliphatic hydroxyl groups is 1. The third-order valence-corrected chi connectivity index (χ3v) is 6.03. The number of amides is 1. The molecule has 30 heavy (non-hydrogen) atoms. The van der Waals surface area contributed by atoms with E-state index in [0.29, 0.717) is 24.6 Å². The average Bonchev–Trinajstić information content (AvgIpc) is 3.07. The van der Waals surface area contributed by atoms with Crippen LogP contribution in [0.2, 0.25) is 0 Å². The zero-order chi connectivity index (χ0) is 21.8. The normalized spacial score (nSPS) is 20.5. The van der Waals surface area contributed by atoms with Crippen molar-refractivity contribution in [3.05, 3.63) is 71.0 Å². The van der Waals surface area contributed by atoms with Gasteiger partial charge in [0.2, 0.25) is 0 Å². The summed E-state index contributed by atoms with van der Waals surface area (Å²) in [6.07, 6.45) is -0.386. The highest BCUT2D eigenvalue weighted by molar-refractivity contribution is 5.94. The first-order valence-electron chi connectivity index (χ1n) is 10.8. The summed E-state index contributed by atoms with van der Waals surface area (Å²) in [4.78, 5) is 17.4. The van der Waals surface area contributed by atoms with Crippen molar-refractivity contribution in [3.8, 4) is 0 Å². The summed E-state index contributed by atoms with van der Waals surface area (Å²) in [5, 5.41) is 9.90. The lowest BCUT2D eigenvalue weighted by atomic mass is 9.86. The van der Waals surface area contributed by atoms with Crippen LogP contribution in [0.3, 0.4) is 0 Å². The molecule has 1 N–H and O–H groups in total. The number of halogens is 1. The molecule has 162 valence electrons. The zero-order valence-corrected chi connectivity index (χ0v) is 18.4. The van der Waals surface area contributed by atoms with Crippen molar-refractivity contribution in [2.45, 2.75) is 45.8 Å². The number of β-amino-alcohol motifs (C(OH)–C–C–N with tert-alkyl or cyclic N) is 1. The number of benzene rings is 2. The number of likely N-dealkylation sites (tertiary alicyclic amines) is 1. The second-order valence-corrected chi connectivity index (χ2v) is 8.85. The van der Waals surface area contributed by atoms with Crippen molar-refractivity contribution >= 4 is 5.91 Å². The van der Waals surface area contributed by atoms with E-state index < -0.39 is 0 Å². The van der Waals surface area contributed by atoms with E-state index in [1.54, 1.807) is 12.1 Å². The Balaban J connectivity index is 1.85. The number of aryl methyl sites for hydroxylation is 1. The van der Waals surface area contributed by atoms with Crippen molar-refractivity contribution in [2.24, 2.45) is 5.92 Å². The SMILES string of the molecule is Cc1ccccc1C1CN(CC(C)O)CC1CN(C(=O)c1ccc(F)cc1)C(C)C. The summed E-state index contributed by atoms with van der Waals surface area (Å²) >= 11 is 0. The molecule has 1 heterocycles. The third kappa shape index (κ3) is 5.27. The molecule has 1 saturated heterocycles. The van der Waals surface area contributed by atoms with E-state index >= 15 is 0 Å². The Labute approximate surface area is 179 Å². The molecule has 0 bridgehead atoms. The fraction of sp³-hybridized carbons (Fsp3) is 0.480. The summed E-state index contributed by atoms with van der Waals surface area (Å²) in [6, 6.07) is 14.2. The van der Waals surface area contributed by atoms with Crippen LogP contribution in [0.1, 0.15) is 48.2 Å². The Bertz CT molecular complexity index is 850. The van der Waals surface area contributed by atoms with Gasteiger partial charge in [0.05, 0.1) is 6.10 Å². The van der Waals surface area contributed by atoms with E-state index in [-0.39, 0.29) is 29.8 Å². The first-order chi connectivity index (χ1) is 14.3. The highest BCUT2D eigenvalue weighted by Gasteiger charge is 2.37. The molecule has 0 aromatic heterocycles. The molecule has 1 aliphatic rings. The number of rotatable bonds is 7. The number of nitrogens with zero attached hydrogens (tertiary/aromatic N) is 2. The maximum absolute atomic E-state index is 13.3. The Morgan fingerprint density at radius 1 is 1.13 bits per heavy atom. The fourth-order valence-corrected chi connectivity index (χ4v) is 4.56. The lowest BCUT2D eigenvalue weighted by Crippen LogP contribution is -2.42. The van der Waals surface area contributed by atoms with Gasteiger partial charge in [0.15, 0.2) is 0 Å². The van der Waals surface area contributed by atoms with E-state index in [1.807, 2.05) is 25.7 Å². The molecule has 0 spiro atoms. The first-order valence-corrected chi connectivity index (χ1v) is 10.8. The number of carbonyl (C=O) groups is 1. The molecule has 3 unspecified atom stereocenters. The smallest absolute Gasteiger partial charge is 0.254 e. The summed E-state index contributed by atoms with van der Waals surface area (Å²) in [6.45, 7) is 11.0. The minimum Gasteiger partial charge on any atom is -0.392 e. The Morgan fingerprint density at radius 3 is 2.40 bits per heavy atom. The van der Waals surface area contributed by atoms with Gasteiger partial charge in [-0.1, -0.05) is 24.3 Å². The van der Waals surface area contributed by atoms with E-state index in [4.69, 9.17) is 0 Å². The van der Waals surface area contributed by atoms with Gasteiger partial charge in [-0.25, -0.2) is 4.39 Å². The van der Waals surface area contributed by atoms with Crippen molar-refractivity contribution in [3.63, 3.8) is 0 Å². The lowest BCUT2D eigenvalue weighted by Gasteiger charge is -2.32. The van der Waals surface area contributed by atoms with Gasteiger partial charge in [-0.05, 0) is 69.0 Å². The third-order valence-electron chi connectivity index (χ3n) is 6.03. The molecule has 1 amide bonds. The van der Waals surface area contributed by atoms with Crippen molar-refractivity contribution in [1.82, 2.24) is 9.80 Å². The van der Waals surface area contributed by atoms with E-state index in [9.17, 15) is 14.3 Å². The Morgan fingerprint density at radius 2 is 1.80 bits per heavy atom. The van der Waals surface area contributed by atoms with Crippen molar-refractivity contribution < 1.29 is 14.3 Å². The Kier molecular flexibility index (Phi) is 7.27. The van der Waals surface area contributed by atoms with E-state index in [1.165, 1.54) is 23.3 Å². The summed E-state index contributed by atoms with van der Waals surface area (Å²) in [7, 11) is 0. The van der Waals surface area contributed by atoms with Crippen LogP contribution in [-0.4, -0.2) is 59.1 Å². The predicted octanol–water partition coefficient (Wildman–Crippen LogP) is 4.08. The second-order valence-electron chi connectivity index (χ2n) is 8.85. The predicted molar refractivity (Wildman–Crippen MR) is 118 cm³/mol. The van der Waals surface area contributed by atoms with Crippen LogP contribution < -0.4 is 0 Å². The maximum Gasteiger partial charge on any atom is 0.254 e. The topological polar surface area (TPSA) is 43.8 Å². The number of hydrogen-bond donors (Lipinski definition) is 1. The first kappa shape index (κ1) is 22.4. The van der Waals surface area contributed by atoms with Crippen molar-refractivity contribution in [2.75, 3.05) is 26.2 Å². The molecule has 0 radical (unpaired) electrons. The van der Waals surface area contributed by atoms with Crippen LogP contribution in [0, 0.1) is 18.7 Å². The number of hydrogen-bond acceptors (Lipinski definition) is 3. The Hall–Kier alpha value is -2.24. The monoisotopic (exact) mass is 412 g/mol. The zero-order valence-electron chi connectivity index (χ0n) is 18.4. The molecule has 2 aromatic rings. The van der Waals surface area contributed by atoms with Gasteiger partial charge in [-0.3, -0.25) is 9.69 Å². The molecular weight excluding hydrogens is 379 g/mol. The standard InChI is InChI=1S/C25H33FN2O2/c1-17(2)28(25(30)20-9-11-22(26)12-10-20)15-21-14-27(13-19(4)29)16-24(21)23-8-6-5-7-18(23)3/h5-12,17,19,21,24,29H,13-16H2,1-4H3. The van der Waals surface area contributed by atoms with E-state index in [2.05, 4.69) is 36.1 Å². The molecule has 3 atom stereocenters. The summed E-state index contributed by atoms with van der Waals surface area (Å²) in [5.41, 5.74) is 3.08. The fourth-order valence-electron chi connectivity index (χ4n) is 4.56. The summed E-state index contributed by atoms with van der Waals surface area (Å²) < 4.78 is 13.3. The van der Waals surface area contributed by atoms with Gasteiger partial charge in [0, 0.05) is 43.7 Å². The molecule has 2 aromatic carbocycles. The number of carbonyl (C=O) groups excluding carboxylic acids is 1. The average molecular weight is 413 g/mol. The minimum absolute atomic E-state index is 0.0332. The van der Waals surface area contributed by atoms with Gasteiger partial charge < -0.3 is 10.0 Å². The van der Waals surface area contributed by atoms with Crippen molar-refractivity contribution in [1.29, 1.82) is 0 Å². The molecule has 1 aliphatic heterocycles. The van der Waals surface area contributed by atoms with Crippen LogP contribution >= 0.6 is 0 Å². The number of aliphatic hydroxyl groups excluding tert-OH is 1. The van der Waals surface area contributed by atoms with Crippen LogP contribution in [0.5, 0.6) is 0 Å². The molecule has 0 aliphatic carbocycles. The van der Waals surface area contributed by atoms with E-state index in [0.717, 1.165) is 13.1 Å². The highest BCUT2D eigenvalue weighted by Crippen LogP contribution is 2.35. The summed E-state index contributed by atoms with van der Waals surface area (Å²) in [5.74, 6) is 0.151. The lowest BCUT2D eigenvalue weighted by molar-refractivity contribution is 0.0665. The molecule has 3 rings (SSSR count). The van der Waals surface area contributed by atoms with Crippen LogP contribution in [-0.2, 0) is 0 Å². The van der Waals surface area contributed by atoms with Crippen LogP contribution in [0.15, 0.2) is 48.5 Å². The molecule has 5 heteroatoms. The highest BCUT2D eigenvalue weighted by atomic mass is 19.1. The molecule has 0 saturated carbocycles. The van der Waals surface area contributed by atoms with Crippen LogP contribution in [0.4, 0.5) is 4.39 Å². The molecular formula is C25H33FN2O2. The van der Waals surface area contributed by atoms with Gasteiger partial charge in [-0.15, -0.1) is 0 Å². The minimum atomic E-state index is -0.386. The molecule has 4 nitrogen and oxygen atoms in total. The largest absolute Gasteiger partial charge is 0.392 e. The molecule has 1 fully saturated rings. The van der Waals surface area contributed by atoms with Gasteiger partial charge >= 0.3 is 0 Å². The second kappa shape index (κ2) is 9.71. The van der Waals surface area contributed by atoms with Crippen LogP contribution in [0.25, 0.3) is 0 Å². The van der Waals surface area contributed by atoms with Gasteiger partial charge in [0.25, 0.3) is 5.91 Å². The van der Waals surface area contributed by atoms with Gasteiger partial charge in [-0.2, -0.15) is 0 Å². The maximum atomic E-state index is 13.3. The quantitative estimate of drug-likeness (QED) is 0.745. The van der Waals surface area contributed by atoms with Gasteiger partial charge in [0.1, 0.15) is 5.82 Å².